The lowest BCUT2D eigenvalue weighted by Gasteiger charge is -2.32. The number of hydrogen-bond acceptors (Lipinski definition) is 3. The lowest BCUT2D eigenvalue weighted by molar-refractivity contribution is -0.120. The lowest BCUT2D eigenvalue weighted by atomic mass is 9.80. The third-order valence-electron chi connectivity index (χ3n) is 3.98. The lowest BCUT2D eigenvalue weighted by Crippen LogP contribution is -2.39. The second-order valence-corrected chi connectivity index (χ2v) is 5.31. The number of rotatable bonds is 2. The maximum absolute atomic E-state index is 11.3. The number of hydrogen-bond donors (Lipinski definition) is 1. The van der Waals surface area contributed by atoms with Gasteiger partial charge in [-0.2, -0.15) is 0 Å². The van der Waals surface area contributed by atoms with Gasteiger partial charge in [0.05, 0.1) is 0 Å². The second-order valence-electron chi connectivity index (χ2n) is 5.31. The van der Waals surface area contributed by atoms with Gasteiger partial charge in [0.1, 0.15) is 0 Å². The van der Waals surface area contributed by atoms with Gasteiger partial charge >= 0.3 is 0 Å². The molecule has 2 aliphatic rings. The highest BCUT2D eigenvalue weighted by atomic mass is 16.7. The minimum Gasteiger partial charge on any atom is -0.454 e. The van der Waals surface area contributed by atoms with Gasteiger partial charge in [-0.1, -0.05) is 18.9 Å². The van der Waals surface area contributed by atoms with E-state index in [4.69, 9.17) is 9.47 Å². The normalized spacial score (nSPS) is 25.1. The predicted octanol–water partition coefficient (Wildman–Crippen LogP) is 2.58. The first-order chi connectivity index (χ1) is 9.24. The third-order valence-corrected chi connectivity index (χ3v) is 3.98. The van der Waals surface area contributed by atoms with Crippen molar-refractivity contribution >= 4 is 5.91 Å². The van der Waals surface area contributed by atoms with Crippen LogP contribution in [0.15, 0.2) is 18.2 Å². The minimum absolute atomic E-state index is 0.0534. The van der Waals surface area contributed by atoms with E-state index >= 15 is 0 Å². The average Bonchev–Trinajstić information content (AvgIpc) is 2.86. The molecular formula is C15H19NO3. The van der Waals surface area contributed by atoms with E-state index in [2.05, 4.69) is 17.4 Å². The number of benzene rings is 1. The zero-order valence-electron chi connectivity index (χ0n) is 11.1. The summed E-state index contributed by atoms with van der Waals surface area (Å²) in [5, 5.41) is 3.09. The highest BCUT2D eigenvalue weighted by Gasteiger charge is 2.28. The van der Waals surface area contributed by atoms with Gasteiger partial charge in [0.15, 0.2) is 11.5 Å². The van der Waals surface area contributed by atoms with Crippen LogP contribution in [0, 0.1) is 0 Å². The second kappa shape index (κ2) is 5.11. The molecule has 1 saturated carbocycles. The molecule has 19 heavy (non-hydrogen) atoms. The molecule has 1 aromatic rings. The largest absolute Gasteiger partial charge is 0.454 e. The van der Waals surface area contributed by atoms with Gasteiger partial charge in [0, 0.05) is 18.9 Å². The van der Waals surface area contributed by atoms with E-state index in [0.29, 0.717) is 12.7 Å². The van der Waals surface area contributed by atoms with Crippen molar-refractivity contribution in [3.05, 3.63) is 23.8 Å². The van der Waals surface area contributed by atoms with Crippen molar-refractivity contribution < 1.29 is 14.3 Å². The Bertz CT molecular complexity index is 486. The van der Waals surface area contributed by atoms with Gasteiger partial charge in [0.25, 0.3) is 0 Å². The smallest absolute Gasteiger partial charge is 0.231 e. The quantitative estimate of drug-likeness (QED) is 0.890. The van der Waals surface area contributed by atoms with Crippen LogP contribution in [0.2, 0.25) is 0 Å². The molecule has 3 rings (SSSR count). The summed E-state index contributed by atoms with van der Waals surface area (Å²) in [5.74, 6) is 2.07. The van der Waals surface area contributed by atoms with Gasteiger partial charge < -0.3 is 14.8 Å². The first kappa shape index (κ1) is 12.3. The Morgan fingerprint density at radius 3 is 2.84 bits per heavy atom. The number of ether oxygens (including phenoxy) is 2. The summed E-state index contributed by atoms with van der Waals surface area (Å²) in [6, 6.07) is 6.37. The van der Waals surface area contributed by atoms with Crippen LogP contribution in [0.1, 0.15) is 44.1 Å². The first-order valence-electron chi connectivity index (χ1n) is 6.90. The van der Waals surface area contributed by atoms with E-state index in [1.165, 1.54) is 18.4 Å². The molecule has 2 atom stereocenters. The molecule has 0 spiro atoms. The SMILES string of the molecule is CC(=O)NC1CCCCC1c1ccc2c(c1)OCO2. The molecular weight excluding hydrogens is 242 g/mol. The van der Waals surface area contributed by atoms with Gasteiger partial charge in [0.2, 0.25) is 12.7 Å². The van der Waals surface area contributed by atoms with E-state index in [0.717, 1.165) is 24.3 Å². The standard InChI is InChI=1S/C15H19NO3/c1-10(17)16-13-5-3-2-4-12(13)11-6-7-14-15(8-11)19-9-18-14/h6-8,12-13H,2-5,9H2,1H3,(H,16,17). The van der Waals surface area contributed by atoms with Crippen LogP contribution >= 0.6 is 0 Å². The molecule has 2 unspecified atom stereocenters. The number of fused-ring (bicyclic) bond motifs is 1. The zero-order chi connectivity index (χ0) is 13.2. The van der Waals surface area contributed by atoms with Gasteiger partial charge in [-0.05, 0) is 30.5 Å². The average molecular weight is 261 g/mol. The fourth-order valence-electron chi connectivity index (χ4n) is 3.11. The minimum atomic E-state index is 0.0534. The highest BCUT2D eigenvalue weighted by Crippen LogP contribution is 2.39. The Balaban J connectivity index is 1.83. The van der Waals surface area contributed by atoms with Gasteiger partial charge in [-0.15, -0.1) is 0 Å². The summed E-state index contributed by atoms with van der Waals surface area (Å²) in [6.07, 6.45) is 4.57. The van der Waals surface area contributed by atoms with Crippen molar-refractivity contribution in [1.29, 1.82) is 0 Å². The van der Waals surface area contributed by atoms with Crippen LogP contribution in [0.25, 0.3) is 0 Å². The van der Waals surface area contributed by atoms with Crippen molar-refractivity contribution in [2.75, 3.05) is 6.79 Å². The monoisotopic (exact) mass is 261 g/mol. The number of amides is 1. The zero-order valence-corrected chi connectivity index (χ0v) is 11.1. The molecule has 4 heteroatoms. The van der Waals surface area contributed by atoms with Crippen LogP contribution < -0.4 is 14.8 Å². The topological polar surface area (TPSA) is 47.6 Å². The van der Waals surface area contributed by atoms with Crippen molar-refractivity contribution in [2.45, 2.75) is 44.6 Å². The van der Waals surface area contributed by atoms with E-state index in [1.54, 1.807) is 6.92 Å². The summed E-state index contributed by atoms with van der Waals surface area (Å²) in [7, 11) is 0. The van der Waals surface area contributed by atoms with E-state index in [9.17, 15) is 4.79 Å². The van der Waals surface area contributed by atoms with E-state index in [-0.39, 0.29) is 11.9 Å². The molecule has 1 aromatic carbocycles. The fourth-order valence-corrected chi connectivity index (χ4v) is 3.11. The van der Waals surface area contributed by atoms with Gasteiger partial charge in [-0.25, -0.2) is 0 Å². The van der Waals surface area contributed by atoms with Crippen LogP contribution in [-0.2, 0) is 4.79 Å². The van der Waals surface area contributed by atoms with E-state index < -0.39 is 0 Å². The maximum atomic E-state index is 11.3. The van der Waals surface area contributed by atoms with Crippen molar-refractivity contribution in [2.24, 2.45) is 0 Å². The molecule has 0 radical (unpaired) electrons. The molecule has 0 aromatic heterocycles. The van der Waals surface area contributed by atoms with Crippen LogP contribution in [0.3, 0.4) is 0 Å². The third kappa shape index (κ3) is 2.53. The molecule has 4 nitrogen and oxygen atoms in total. The van der Waals surface area contributed by atoms with Crippen LogP contribution in [0.5, 0.6) is 11.5 Å². The van der Waals surface area contributed by atoms with Crippen molar-refractivity contribution in [3.63, 3.8) is 0 Å². The van der Waals surface area contributed by atoms with Crippen LogP contribution in [-0.4, -0.2) is 18.7 Å². The highest BCUT2D eigenvalue weighted by molar-refractivity contribution is 5.73. The Morgan fingerprint density at radius 1 is 1.21 bits per heavy atom. The number of nitrogens with one attached hydrogen (secondary N) is 1. The summed E-state index contributed by atoms with van der Waals surface area (Å²) in [5.41, 5.74) is 1.24. The maximum Gasteiger partial charge on any atom is 0.231 e. The molecule has 1 N–H and O–H groups in total. The Hall–Kier alpha value is -1.71. The number of carbonyl (C=O) groups excluding carboxylic acids is 1. The Morgan fingerprint density at radius 2 is 2.00 bits per heavy atom. The molecule has 0 bridgehead atoms. The van der Waals surface area contributed by atoms with E-state index in [1.807, 2.05) is 6.07 Å². The van der Waals surface area contributed by atoms with Crippen LogP contribution in [0.4, 0.5) is 0 Å². The van der Waals surface area contributed by atoms with Gasteiger partial charge in [-0.3, -0.25) is 4.79 Å². The first-order valence-corrected chi connectivity index (χ1v) is 6.90. The molecule has 102 valence electrons. The summed E-state index contributed by atoms with van der Waals surface area (Å²) >= 11 is 0. The summed E-state index contributed by atoms with van der Waals surface area (Å²) in [6.45, 7) is 1.89. The fraction of sp³-hybridized carbons (Fsp3) is 0.533. The Labute approximate surface area is 113 Å². The predicted molar refractivity (Wildman–Crippen MR) is 71.4 cm³/mol. The molecule has 0 saturated heterocycles. The van der Waals surface area contributed by atoms with Crippen molar-refractivity contribution in [3.8, 4) is 11.5 Å². The summed E-state index contributed by atoms with van der Waals surface area (Å²) in [4.78, 5) is 11.3. The molecule has 1 fully saturated rings. The summed E-state index contributed by atoms with van der Waals surface area (Å²) < 4.78 is 10.8. The molecule has 1 amide bonds. The molecule has 1 heterocycles. The molecule has 1 aliphatic carbocycles. The van der Waals surface area contributed by atoms with Crippen molar-refractivity contribution in [1.82, 2.24) is 5.32 Å². The number of carbonyl (C=O) groups is 1. The Kier molecular flexibility index (Phi) is 3.32. The molecule has 1 aliphatic heterocycles.